The van der Waals surface area contributed by atoms with Crippen LogP contribution >= 0.6 is 0 Å². The number of nitrogens with zero attached hydrogens (tertiary/aromatic N) is 1. The Hall–Kier alpha value is -3.95. The van der Waals surface area contributed by atoms with Gasteiger partial charge in [-0.1, -0.05) is 0 Å². The third kappa shape index (κ3) is 12.5. The molecule has 16 nitrogen and oxygen atoms in total. The van der Waals surface area contributed by atoms with E-state index in [9.17, 15) is 28.8 Å². The number of aliphatic carboxylic acids is 2. The van der Waals surface area contributed by atoms with E-state index in [0.29, 0.717) is 0 Å². The van der Waals surface area contributed by atoms with Crippen molar-refractivity contribution < 1.29 is 39.0 Å². The lowest BCUT2D eigenvalue weighted by atomic mass is 10.1. The average molecular weight is 474 g/mol. The van der Waals surface area contributed by atoms with E-state index < -0.39 is 72.6 Å². The number of carboxylic acids is 2. The van der Waals surface area contributed by atoms with Crippen molar-refractivity contribution in [3.63, 3.8) is 0 Å². The molecule has 0 aromatic carbocycles. The van der Waals surface area contributed by atoms with Crippen LogP contribution in [0.3, 0.4) is 0 Å². The first-order valence-corrected chi connectivity index (χ1v) is 9.69. The van der Waals surface area contributed by atoms with Gasteiger partial charge in [0.2, 0.25) is 23.6 Å². The molecule has 0 aliphatic carbocycles. The SMILES string of the molecule is CC(NC(=O)C(CCCN=C(N)N)NC(=O)C(CC(N)=O)NC(=O)C(N)CC(=O)O)C(=O)O. The minimum Gasteiger partial charge on any atom is -0.481 e. The Bertz CT molecular complexity index is 783. The molecular formula is C17H30N8O8. The summed E-state index contributed by atoms with van der Waals surface area (Å²) in [5, 5.41) is 24.3. The van der Waals surface area contributed by atoms with Crippen molar-refractivity contribution in [3.8, 4) is 0 Å². The summed E-state index contributed by atoms with van der Waals surface area (Å²) in [6.07, 6.45) is -1.24. The lowest BCUT2D eigenvalue weighted by Crippen LogP contribution is -2.57. The van der Waals surface area contributed by atoms with Crippen LogP contribution in [0.25, 0.3) is 0 Å². The van der Waals surface area contributed by atoms with E-state index in [0.717, 1.165) is 0 Å². The van der Waals surface area contributed by atoms with Crippen LogP contribution in [0.5, 0.6) is 0 Å². The zero-order valence-corrected chi connectivity index (χ0v) is 17.9. The molecule has 33 heavy (non-hydrogen) atoms. The van der Waals surface area contributed by atoms with Crippen molar-refractivity contribution >= 4 is 41.5 Å². The van der Waals surface area contributed by atoms with Crippen molar-refractivity contribution in [1.82, 2.24) is 16.0 Å². The minimum absolute atomic E-state index is 0.0313. The first-order chi connectivity index (χ1) is 15.2. The van der Waals surface area contributed by atoms with E-state index in [-0.39, 0.29) is 25.3 Å². The fourth-order valence-corrected chi connectivity index (χ4v) is 2.39. The molecule has 16 heteroatoms. The number of nitrogens with two attached hydrogens (primary N) is 4. The van der Waals surface area contributed by atoms with Gasteiger partial charge in [0.25, 0.3) is 0 Å². The topological polar surface area (TPSA) is 295 Å². The van der Waals surface area contributed by atoms with Crippen LogP contribution in [0, 0.1) is 0 Å². The Balaban J connectivity index is 5.47. The molecule has 0 aliphatic heterocycles. The molecule has 0 spiro atoms. The number of amides is 4. The molecule has 186 valence electrons. The standard InChI is InChI=1S/C17H30N8O8/c1-7(16(32)33)23-14(30)9(3-2-4-22-17(20)21)24-15(31)10(6-11(19)26)25-13(29)8(18)5-12(27)28/h7-10H,2-6,18H2,1H3,(H2,19,26)(H,23,30)(H,24,31)(H,25,29)(H,27,28)(H,32,33)(H4,20,21,22). The maximum Gasteiger partial charge on any atom is 0.325 e. The molecular weight excluding hydrogens is 444 g/mol. The van der Waals surface area contributed by atoms with E-state index in [1.54, 1.807) is 0 Å². The van der Waals surface area contributed by atoms with Gasteiger partial charge in [-0.15, -0.1) is 0 Å². The van der Waals surface area contributed by atoms with Gasteiger partial charge in [-0.2, -0.15) is 0 Å². The van der Waals surface area contributed by atoms with Crippen LogP contribution in [-0.4, -0.2) is 82.5 Å². The van der Waals surface area contributed by atoms with E-state index in [1.807, 2.05) is 0 Å². The first kappa shape index (κ1) is 29.0. The monoisotopic (exact) mass is 474 g/mol. The largest absolute Gasteiger partial charge is 0.481 e. The number of primary amides is 1. The summed E-state index contributed by atoms with van der Waals surface area (Å²) >= 11 is 0. The van der Waals surface area contributed by atoms with Gasteiger partial charge in [0.1, 0.15) is 18.1 Å². The molecule has 13 N–H and O–H groups in total. The zero-order valence-electron chi connectivity index (χ0n) is 17.9. The summed E-state index contributed by atoms with van der Waals surface area (Å²) < 4.78 is 0. The molecule has 0 bridgehead atoms. The van der Waals surface area contributed by atoms with Gasteiger partial charge in [0.05, 0.1) is 18.9 Å². The summed E-state index contributed by atoms with van der Waals surface area (Å²) in [6, 6.07) is -5.64. The third-order valence-electron chi connectivity index (χ3n) is 4.08. The van der Waals surface area contributed by atoms with E-state index in [2.05, 4.69) is 20.9 Å². The molecule has 0 saturated carbocycles. The maximum absolute atomic E-state index is 12.7. The molecule has 0 aromatic heterocycles. The van der Waals surface area contributed by atoms with Gasteiger partial charge in [-0.05, 0) is 19.8 Å². The second-order valence-corrected chi connectivity index (χ2v) is 7.01. The molecule has 0 heterocycles. The van der Waals surface area contributed by atoms with Gasteiger partial charge in [0, 0.05) is 6.54 Å². The van der Waals surface area contributed by atoms with Crippen molar-refractivity contribution in [2.75, 3.05) is 6.54 Å². The molecule has 0 fully saturated rings. The number of carbonyl (C=O) groups excluding carboxylic acids is 4. The highest BCUT2D eigenvalue weighted by atomic mass is 16.4. The van der Waals surface area contributed by atoms with Crippen molar-refractivity contribution in [2.45, 2.75) is 56.8 Å². The number of nitrogens with one attached hydrogen (secondary N) is 3. The quantitative estimate of drug-likeness (QED) is 0.0616. The maximum atomic E-state index is 12.7. The molecule has 4 unspecified atom stereocenters. The highest BCUT2D eigenvalue weighted by Crippen LogP contribution is 2.03. The number of carboxylic acid groups (broad SMARTS) is 2. The Morgan fingerprint density at radius 2 is 1.39 bits per heavy atom. The number of guanidine groups is 1. The molecule has 0 saturated heterocycles. The highest BCUT2D eigenvalue weighted by Gasteiger charge is 2.30. The van der Waals surface area contributed by atoms with E-state index >= 15 is 0 Å². The summed E-state index contributed by atoms with van der Waals surface area (Å²) in [5.74, 6) is -6.74. The van der Waals surface area contributed by atoms with Crippen LogP contribution in [0.4, 0.5) is 0 Å². The number of rotatable bonds is 15. The number of aliphatic imine (C=N–C) groups is 1. The molecule has 4 atom stereocenters. The Labute approximate surface area is 188 Å². The lowest BCUT2D eigenvalue weighted by Gasteiger charge is -2.24. The average Bonchev–Trinajstić information content (AvgIpc) is 2.68. The predicted molar refractivity (Wildman–Crippen MR) is 113 cm³/mol. The van der Waals surface area contributed by atoms with Crippen LogP contribution in [0.15, 0.2) is 4.99 Å². The van der Waals surface area contributed by atoms with Crippen LogP contribution < -0.4 is 38.9 Å². The van der Waals surface area contributed by atoms with Gasteiger partial charge in [0.15, 0.2) is 5.96 Å². The Morgan fingerprint density at radius 1 is 0.848 bits per heavy atom. The second-order valence-electron chi connectivity index (χ2n) is 7.01. The van der Waals surface area contributed by atoms with E-state index in [1.165, 1.54) is 6.92 Å². The highest BCUT2D eigenvalue weighted by molar-refractivity contribution is 5.96. The molecule has 0 rings (SSSR count). The van der Waals surface area contributed by atoms with Crippen molar-refractivity contribution in [1.29, 1.82) is 0 Å². The smallest absolute Gasteiger partial charge is 0.325 e. The second kappa shape index (κ2) is 14.2. The molecule has 4 amide bonds. The third-order valence-corrected chi connectivity index (χ3v) is 4.08. The van der Waals surface area contributed by atoms with Gasteiger partial charge in [-0.25, -0.2) is 0 Å². The van der Waals surface area contributed by atoms with Crippen LogP contribution in [-0.2, 0) is 28.8 Å². The lowest BCUT2D eigenvalue weighted by molar-refractivity contribution is -0.142. The molecule has 0 radical (unpaired) electrons. The van der Waals surface area contributed by atoms with Crippen LogP contribution in [0.1, 0.15) is 32.6 Å². The Morgan fingerprint density at radius 3 is 1.88 bits per heavy atom. The minimum atomic E-state index is -1.57. The summed E-state index contributed by atoms with van der Waals surface area (Å²) in [5.41, 5.74) is 21.0. The Kier molecular flexibility index (Phi) is 12.5. The molecule has 0 aliphatic rings. The first-order valence-electron chi connectivity index (χ1n) is 9.69. The van der Waals surface area contributed by atoms with Gasteiger partial charge in [-0.3, -0.25) is 33.8 Å². The summed E-state index contributed by atoms with van der Waals surface area (Å²) in [4.78, 5) is 74.0. The molecule has 0 aromatic rings. The normalized spacial score (nSPS) is 14.0. The van der Waals surface area contributed by atoms with Crippen molar-refractivity contribution in [3.05, 3.63) is 0 Å². The van der Waals surface area contributed by atoms with Gasteiger partial charge < -0.3 is 49.1 Å². The summed E-state index contributed by atoms with van der Waals surface area (Å²) in [6.45, 7) is 1.31. The summed E-state index contributed by atoms with van der Waals surface area (Å²) in [7, 11) is 0. The zero-order chi connectivity index (χ0) is 25.7. The number of carbonyl (C=O) groups is 6. The number of hydrogen-bond acceptors (Lipinski definition) is 8. The van der Waals surface area contributed by atoms with Crippen molar-refractivity contribution in [2.24, 2.45) is 27.9 Å². The van der Waals surface area contributed by atoms with E-state index in [4.69, 9.17) is 33.1 Å². The fourth-order valence-electron chi connectivity index (χ4n) is 2.39. The number of hydrogen-bond donors (Lipinski definition) is 9. The van der Waals surface area contributed by atoms with Gasteiger partial charge >= 0.3 is 11.9 Å². The fraction of sp³-hybridized carbons (Fsp3) is 0.588. The van der Waals surface area contributed by atoms with Crippen LogP contribution in [0.2, 0.25) is 0 Å². The predicted octanol–water partition coefficient (Wildman–Crippen LogP) is -4.72.